The van der Waals surface area contributed by atoms with Crippen LogP contribution in [0.5, 0.6) is 5.75 Å². The molecule has 1 aromatic heterocycles. The van der Waals surface area contributed by atoms with E-state index in [9.17, 15) is 4.79 Å². The first-order chi connectivity index (χ1) is 11.5. The van der Waals surface area contributed by atoms with E-state index in [-0.39, 0.29) is 5.91 Å². The van der Waals surface area contributed by atoms with Gasteiger partial charge in [0.05, 0.1) is 22.4 Å². The Balaban J connectivity index is 1.72. The van der Waals surface area contributed by atoms with Crippen LogP contribution in [0.1, 0.15) is 12.5 Å². The summed E-state index contributed by atoms with van der Waals surface area (Å²) in [4.78, 5) is 16.7. The number of nitrogens with one attached hydrogen (secondary N) is 1. The molecule has 0 fully saturated rings. The lowest BCUT2D eigenvalue weighted by molar-refractivity contribution is -0.122. The zero-order valence-electron chi connectivity index (χ0n) is 13.4. The molecule has 0 bridgehead atoms. The second-order valence-corrected chi connectivity index (χ2v) is 6.01. The van der Waals surface area contributed by atoms with E-state index in [1.54, 1.807) is 19.2 Å². The maximum atomic E-state index is 12.3. The van der Waals surface area contributed by atoms with E-state index in [1.807, 2.05) is 49.4 Å². The molecule has 0 saturated heterocycles. The number of amides is 1. The van der Waals surface area contributed by atoms with Gasteiger partial charge in [-0.3, -0.25) is 9.78 Å². The number of aryl methyl sites for hydroxylation is 1. The summed E-state index contributed by atoms with van der Waals surface area (Å²) >= 11 is 6.10. The highest BCUT2D eigenvalue weighted by molar-refractivity contribution is 6.32. The first-order valence-corrected chi connectivity index (χ1v) is 7.99. The van der Waals surface area contributed by atoms with Crippen molar-refractivity contribution in [2.45, 2.75) is 20.0 Å². The van der Waals surface area contributed by atoms with E-state index < -0.39 is 6.10 Å². The Hall–Kier alpha value is -2.59. The summed E-state index contributed by atoms with van der Waals surface area (Å²) in [5.74, 6) is 0.237. The lowest BCUT2D eigenvalue weighted by atomic mass is 10.2. The summed E-state index contributed by atoms with van der Waals surface area (Å²) in [6.45, 7) is 3.62. The van der Waals surface area contributed by atoms with Gasteiger partial charge < -0.3 is 10.1 Å². The molecular weight excluding hydrogens is 324 g/mol. The zero-order valence-corrected chi connectivity index (χ0v) is 14.2. The Morgan fingerprint density at radius 2 is 2.00 bits per heavy atom. The average molecular weight is 341 g/mol. The molecule has 122 valence electrons. The van der Waals surface area contributed by atoms with Gasteiger partial charge >= 0.3 is 0 Å². The molecule has 0 aliphatic carbocycles. The second-order valence-electron chi connectivity index (χ2n) is 5.60. The summed E-state index contributed by atoms with van der Waals surface area (Å²) in [7, 11) is 0. The van der Waals surface area contributed by atoms with Crippen molar-refractivity contribution >= 4 is 34.1 Å². The number of carbonyl (C=O) groups excluding carboxylic acids is 1. The normalized spacial score (nSPS) is 12.0. The minimum atomic E-state index is -0.684. The molecule has 0 aliphatic heterocycles. The van der Waals surface area contributed by atoms with Crippen LogP contribution < -0.4 is 10.1 Å². The summed E-state index contributed by atoms with van der Waals surface area (Å²) in [6, 6.07) is 15.1. The Morgan fingerprint density at radius 1 is 1.21 bits per heavy atom. The predicted octanol–water partition coefficient (Wildman–Crippen LogP) is 4.60. The van der Waals surface area contributed by atoms with Crippen LogP contribution in [0.3, 0.4) is 0 Å². The van der Waals surface area contributed by atoms with Gasteiger partial charge in [-0.15, -0.1) is 0 Å². The van der Waals surface area contributed by atoms with E-state index >= 15 is 0 Å². The topological polar surface area (TPSA) is 51.2 Å². The number of hydrogen-bond acceptors (Lipinski definition) is 3. The molecule has 1 N–H and O–H groups in total. The number of rotatable bonds is 4. The fourth-order valence-electron chi connectivity index (χ4n) is 2.33. The number of aromatic nitrogens is 1. The molecule has 5 heteroatoms. The predicted molar refractivity (Wildman–Crippen MR) is 96.7 cm³/mol. The quantitative estimate of drug-likeness (QED) is 0.755. The first-order valence-electron chi connectivity index (χ1n) is 7.61. The van der Waals surface area contributed by atoms with Gasteiger partial charge in [0, 0.05) is 5.39 Å². The summed E-state index contributed by atoms with van der Waals surface area (Å²) in [5, 5.41) is 4.26. The molecule has 1 amide bonds. The molecule has 3 rings (SSSR count). The van der Waals surface area contributed by atoms with Crippen LogP contribution in [0.25, 0.3) is 10.9 Å². The summed E-state index contributed by atoms with van der Waals surface area (Å²) < 4.78 is 5.68. The van der Waals surface area contributed by atoms with Crippen molar-refractivity contribution in [1.82, 2.24) is 4.98 Å². The minimum Gasteiger partial charge on any atom is -0.479 e. The largest absolute Gasteiger partial charge is 0.479 e. The fourth-order valence-corrected chi connectivity index (χ4v) is 2.49. The van der Waals surface area contributed by atoms with Gasteiger partial charge in [-0.05, 0) is 43.7 Å². The van der Waals surface area contributed by atoms with E-state index in [0.717, 1.165) is 16.5 Å². The van der Waals surface area contributed by atoms with Crippen LogP contribution in [0.15, 0.2) is 54.7 Å². The van der Waals surface area contributed by atoms with Crippen LogP contribution >= 0.6 is 11.6 Å². The number of halogens is 1. The molecule has 1 heterocycles. The number of pyridine rings is 1. The molecule has 0 spiro atoms. The maximum absolute atomic E-state index is 12.3. The van der Waals surface area contributed by atoms with Crippen LogP contribution in [0, 0.1) is 6.92 Å². The number of fused-ring (bicyclic) bond motifs is 1. The fraction of sp³-hybridized carbons (Fsp3) is 0.158. The highest BCUT2D eigenvalue weighted by Crippen LogP contribution is 2.26. The number of hydrogen-bond donors (Lipinski definition) is 1. The van der Waals surface area contributed by atoms with Crippen molar-refractivity contribution in [3.8, 4) is 5.75 Å². The Morgan fingerprint density at radius 3 is 2.83 bits per heavy atom. The SMILES string of the molecule is Cc1ccc(Cl)c(OC(C)C(=O)Nc2cnc3ccccc3c2)c1. The third kappa shape index (κ3) is 3.66. The minimum absolute atomic E-state index is 0.260. The van der Waals surface area contributed by atoms with Gasteiger partial charge in [-0.2, -0.15) is 0 Å². The molecule has 1 unspecified atom stereocenters. The second kappa shape index (κ2) is 6.89. The van der Waals surface area contributed by atoms with Crippen molar-refractivity contribution in [3.63, 3.8) is 0 Å². The van der Waals surface area contributed by atoms with E-state index in [1.165, 1.54) is 0 Å². The van der Waals surface area contributed by atoms with Crippen molar-refractivity contribution < 1.29 is 9.53 Å². The van der Waals surface area contributed by atoms with E-state index in [0.29, 0.717) is 16.5 Å². The number of para-hydroxylation sites is 1. The third-order valence-corrected chi connectivity index (χ3v) is 3.93. The standard InChI is InChI=1S/C19H17ClN2O2/c1-12-7-8-16(20)18(9-12)24-13(2)19(23)22-15-10-14-5-3-4-6-17(14)21-11-15/h3-11,13H,1-2H3,(H,22,23). The highest BCUT2D eigenvalue weighted by atomic mass is 35.5. The molecule has 0 saturated carbocycles. The molecule has 0 radical (unpaired) electrons. The lowest BCUT2D eigenvalue weighted by Crippen LogP contribution is -2.30. The van der Waals surface area contributed by atoms with E-state index in [4.69, 9.17) is 16.3 Å². The van der Waals surface area contributed by atoms with Crippen LogP contribution in [-0.4, -0.2) is 17.0 Å². The number of nitrogens with zero attached hydrogens (tertiary/aromatic N) is 1. The van der Waals surface area contributed by atoms with Crippen molar-refractivity contribution in [1.29, 1.82) is 0 Å². The van der Waals surface area contributed by atoms with E-state index in [2.05, 4.69) is 10.3 Å². The number of anilines is 1. The van der Waals surface area contributed by atoms with Gasteiger partial charge in [0.25, 0.3) is 5.91 Å². The average Bonchev–Trinajstić information content (AvgIpc) is 2.58. The van der Waals surface area contributed by atoms with Crippen molar-refractivity contribution in [3.05, 3.63) is 65.3 Å². The molecule has 0 aliphatic rings. The molecule has 3 aromatic rings. The molecule has 24 heavy (non-hydrogen) atoms. The Labute approximate surface area is 145 Å². The smallest absolute Gasteiger partial charge is 0.265 e. The van der Waals surface area contributed by atoms with Gasteiger partial charge in [0.15, 0.2) is 6.10 Å². The van der Waals surface area contributed by atoms with Gasteiger partial charge in [-0.25, -0.2) is 0 Å². The van der Waals surface area contributed by atoms with Gasteiger partial charge in [-0.1, -0.05) is 35.9 Å². The summed E-state index contributed by atoms with van der Waals surface area (Å²) in [6.07, 6.45) is 0.947. The Bertz CT molecular complexity index is 895. The van der Waals surface area contributed by atoms with Gasteiger partial charge in [0.2, 0.25) is 0 Å². The molecule has 2 aromatic carbocycles. The van der Waals surface area contributed by atoms with Crippen LogP contribution in [-0.2, 0) is 4.79 Å². The van der Waals surface area contributed by atoms with Crippen molar-refractivity contribution in [2.75, 3.05) is 5.32 Å². The van der Waals surface area contributed by atoms with Crippen molar-refractivity contribution in [2.24, 2.45) is 0 Å². The van der Waals surface area contributed by atoms with Gasteiger partial charge in [0.1, 0.15) is 5.75 Å². The lowest BCUT2D eigenvalue weighted by Gasteiger charge is -2.16. The zero-order chi connectivity index (χ0) is 17.1. The molecule has 4 nitrogen and oxygen atoms in total. The third-order valence-electron chi connectivity index (χ3n) is 3.62. The number of carbonyl (C=O) groups is 1. The number of ether oxygens (including phenoxy) is 1. The van der Waals surface area contributed by atoms with Crippen LogP contribution in [0.4, 0.5) is 5.69 Å². The molecule has 1 atom stereocenters. The first kappa shape index (κ1) is 16.3. The van der Waals surface area contributed by atoms with Crippen LogP contribution in [0.2, 0.25) is 5.02 Å². The molecular formula is C19H17ClN2O2. The monoisotopic (exact) mass is 340 g/mol. The number of benzene rings is 2. The highest BCUT2D eigenvalue weighted by Gasteiger charge is 2.16. The Kier molecular flexibility index (Phi) is 4.67. The summed E-state index contributed by atoms with van der Waals surface area (Å²) in [5.41, 5.74) is 2.52. The maximum Gasteiger partial charge on any atom is 0.265 e.